The van der Waals surface area contributed by atoms with Crippen LogP contribution in [0.2, 0.25) is 0 Å². The minimum absolute atomic E-state index is 0.0359. The van der Waals surface area contributed by atoms with Crippen molar-refractivity contribution < 1.29 is 24.2 Å². The molecule has 5 N–H and O–H groups in total. The van der Waals surface area contributed by atoms with Crippen LogP contribution in [0.1, 0.15) is 24.0 Å². The van der Waals surface area contributed by atoms with Crippen LogP contribution in [0.15, 0.2) is 47.1 Å². The first-order valence-electron chi connectivity index (χ1n) is 11.4. The van der Waals surface area contributed by atoms with E-state index in [4.69, 9.17) is 10.5 Å². The summed E-state index contributed by atoms with van der Waals surface area (Å²) in [5, 5.41) is 16.2. The summed E-state index contributed by atoms with van der Waals surface area (Å²) < 4.78 is 5.52. The van der Waals surface area contributed by atoms with E-state index in [9.17, 15) is 19.5 Å². The molecule has 0 radical (unpaired) electrons. The van der Waals surface area contributed by atoms with Crippen LogP contribution in [0, 0.1) is 11.8 Å². The number of allylic oxidation sites excluding steroid dienone is 2. The predicted molar refractivity (Wildman–Crippen MR) is 123 cm³/mol. The molecule has 5 rings (SSSR count). The normalized spacial score (nSPS) is 27.1. The van der Waals surface area contributed by atoms with E-state index >= 15 is 0 Å². The third-order valence-corrected chi connectivity index (χ3v) is 6.75. The van der Waals surface area contributed by atoms with Crippen molar-refractivity contribution in [2.75, 3.05) is 25.0 Å². The number of nitrogens with one attached hydrogen (secondary N) is 2. The predicted octanol–water partition coefficient (Wildman–Crippen LogP) is 0.0284. The van der Waals surface area contributed by atoms with E-state index in [0.717, 1.165) is 11.1 Å². The number of aliphatic imine (C=N–C) groups is 1. The molecule has 10 nitrogen and oxygen atoms in total. The van der Waals surface area contributed by atoms with Crippen LogP contribution < -0.4 is 16.4 Å². The summed E-state index contributed by atoms with van der Waals surface area (Å²) in [6.07, 6.45) is 4.04. The number of amidine groups is 1. The van der Waals surface area contributed by atoms with Gasteiger partial charge in [-0.15, -0.1) is 0 Å². The first-order chi connectivity index (χ1) is 16.4. The van der Waals surface area contributed by atoms with Crippen molar-refractivity contribution in [3.8, 4) is 0 Å². The van der Waals surface area contributed by atoms with Gasteiger partial charge in [0.25, 0.3) is 11.8 Å². The lowest BCUT2D eigenvalue weighted by Crippen LogP contribution is -2.55. The summed E-state index contributed by atoms with van der Waals surface area (Å²) >= 11 is 0. The molecule has 2 fully saturated rings. The number of hydrogen-bond donors (Lipinski definition) is 4. The molecule has 0 saturated carbocycles. The highest BCUT2D eigenvalue weighted by Gasteiger charge is 2.40. The number of carbonyl (C=O) groups excluding carboxylic acids is 3. The molecule has 4 aliphatic rings. The fourth-order valence-electron chi connectivity index (χ4n) is 4.83. The highest BCUT2D eigenvalue weighted by atomic mass is 16.5. The average Bonchev–Trinajstić information content (AvgIpc) is 3.10. The van der Waals surface area contributed by atoms with E-state index in [1.54, 1.807) is 23.1 Å². The first-order valence-corrected chi connectivity index (χ1v) is 11.4. The maximum absolute atomic E-state index is 13.2. The lowest BCUT2D eigenvalue weighted by molar-refractivity contribution is -0.163. The Bertz CT molecular complexity index is 1130. The van der Waals surface area contributed by atoms with Gasteiger partial charge < -0.3 is 31.1 Å². The van der Waals surface area contributed by atoms with Crippen LogP contribution >= 0.6 is 0 Å². The van der Waals surface area contributed by atoms with E-state index in [1.807, 2.05) is 18.2 Å². The fourth-order valence-corrected chi connectivity index (χ4v) is 4.83. The Morgan fingerprint density at radius 1 is 1.32 bits per heavy atom. The Hall–Kier alpha value is -3.50. The van der Waals surface area contributed by atoms with Crippen molar-refractivity contribution in [2.24, 2.45) is 22.6 Å². The molecule has 10 heteroatoms. The third kappa shape index (κ3) is 4.22. The summed E-state index contributed by atoms with van der Waals surface area (Å²) in [6, 6.07) is 5.19. The number of fused-ring (bicyclic) bond motifs is 2. The van der Waals surface area contributed by atoms with Crippen molar-refractivity contribution in [1.82, 2.24) is 10.2 Å². The molecule has 3 aliphatic heterocycles. The topological polar surface area (TPSA) is 146 Å². The molecule has 2 saturated heterocycles. The minimum atomic E-state index is -1.68. The Labute approximate surface area is 196 Å². The van der Waals surface area contributed by atoms with Gasteiger partial charge in [0.1, 0.15) is 5.84 Å². The minimum Gasteiger partial charge on any atom is -0.383 e. The molecule has 34 heavy (non-hydrogen) atoms. The van der Waals surface area contributed by atoms with E-state index in [2.05, 4.69) is 15.6 Å². The zero-order chi connectivity index (χ0) is 23.8. The molecular weight excluding hydrogens is 438 g/mol. The Kier molecular flexibility index (Phi) is 5.93. The van der Waals surface area contributed by atoms with Crippen LogP contribution in [0.3, 0.4) is 0 Å². The molecule has 1 aliphatic carbocycles. The lowest BCUT2D eigenvalue weighted by Gasteiger charge is -2.36. The van der Waals surface area contributed by atoms with Gasteiger partial charge in [-0.05, 0) is 42.2 Å². The zero-order valence-electron chi connectivity index (χ0n) is 18.6. The Morgan fingerprint density at radius 2 is 2.18 bits per heavy atom. The van der Waals surface area contributed by atoms with Crippen molar-refractivity contribution in [1.29, 1.82) is 0 Å². The number of nitrogens with zero attached hydrogens (tertiary/aromatic N) is 2. The number of anilines is 1. The number of aliphatic hydroxyl groups is 1. The van der Waals surface area contributed by atoms with Gasteiger partial charge in [0.15, 0.2) is 12.2 Å². The lowest BCUT2D eigenvalue weighted by atomic mass is 9.84. The Balaban J connectivity index is 1.26. The molecule has 3 amide bonds. The summed E-state index contributed by atoms with van der Waals surface area (Å²) in [4.78, 5) is 43.4. The third-order valence-electron chi connectivity index (χ3n) is 6.75. The molecule has 1 aromatic carbocycles. The monoisotopic (exact) mass is 465 g/mol. The van der Waals surface area contributed by atoms with Gasteiger partial charge >= 0.3 is 0 Å². The molecule has 178 valence electrons. The van der Waals surface area contributed by atoms with Gasteiger partial charge in [-0.2, -0.15) is 0 Å². The second kappa shape index (κ2) is 9.03. The largest absolute Gasteiger partial charge is 0.383 e. The summed E-state index contributed by atoms with van der Waals surface area (Å²) in [5.41, 5.74) is 8.71. The number of amides is 3. The maximum Gasteiger partial charge on any atom is 0.259 e. The first kappa shape index (κ1) is 22.3. The van der Waals surface area contributed by atoms with Crippen molar-refractivity contribution in [3.05, 3.63) is 53.3 Å². The second-order valence-electron chi connectivity index (χ2n) is 8.91. The van der Waals surface area contributed by atoms with Crippen LogP contribution in [-0.4, -0.2) is 65.5 Å². The SMILES string of the molecule is NC1=NCc2cc(NC(=O)[C@H](O)[C@H]3OCCN(C4=CC5CCC(=O)NCC5C=C4)C3=O)ccc21. The van der Waals surface area contributed by atoms with E-state index in [-0.39, 0.29) is 24.3 Å². The number of nitrogens with two attached hydrogens (primary N) is 1. The highest BCUT2D eigenvalue weighted by molar-refractivity contribution is 6.02. The van der Waals surface area contributed by atoms with Gasteiger partial charge in [-0.3, -0.25) is 19.4 Å². The summed E-state index contributed by atoms with van der Waals surface area (Å²) in [6.45, 7) is 1.52. The average molecular weight is 466 g/mol. The number of benzene rings is 1. The summed E-state index contributed by atoms with van der Waals surface area (Å²) in [7, 11) is 0. The maximum atomic E-state index is 13.2. The molecule has 2 unspecified atom stereocenters. The van der Waals surface area contributed by atoms with E-state index in [1.165, 1.54) is 0 Å². The van der Waals surface area contributed by atoms with Gasteiger partial charge in [-0.25, -0.2) is 0 Å². The van der Waals surface area contributed by atoms with Gasteiger partial charge in [0, 0.05) is 42.4 Å². The zero-order valence-corrected chi connectivity index (χ0v) is 18.6. The Morgan fingerprint density at radius 3 is 3.03 bits per heavy atom. The number of hydrogen-bond acceptors (Lipinski definition) is 7. The number of aliphatic hydroxyl groups excluding tert-OH is 1. The number of rotatable bonds is 4. The van der Waals surface area contributed by atoms with Gasteiger partial charge in [0.05, 0.1) is 13.2 Å². The molecule has 0 spiro atoms. The molecule has 0 bridgehead atoms. The van der Waals surface area contributed by atoms with Gasteiger partial charge in [-0.1, -0.05) is 12.2 Å². The highest BCUT2D eigenvalue weighted by Crippen LogP contribution is 2.31. The van der Waals surface area contributed by atoms with Crippen molar-refractivity contribution >= 4 is 29.2 Å². The fraction of sp³-hybridized carbons (Fsp3) is 0.417. The molecule has 0 aromatic heterocycles. The summed E-state index contributed by atoms with van der Waals surface area (Å²) in [5.74, 6) is -0.382. The van der Waals surface area contributed by atoms with Crippen LogP contribution in [0.5, 0.6) is 0 Å². The number of carbonyl (C=O) groups is 3. The van der Waals surface area contributed by atoms with E-state index < -0.39 is 24.0 Å². The van der Waals surface area contributed by atoms with E-state index in [0.29, 0.717) is 49.7 Å². The van der Waals surface area contributed by atoms with Crippen LogP contribution in [0.25, 0.3) is 0 Å². The van der Waals surface area contributed by atoms with Crippen LogP contribution in [-0.2, 0) is 25.7 Å². The molecule has 4 atom stereocenters. The number of ether oxygens (including phenoxy) is 1. The standard InChI is InChI=1S/C24H27N5O5/c25-22-18-5-3-16(9-15(18)12-27-22)28-23(32)20(31)21-24(33)29(7-8-34-21)17-4-1-14-11-26-19(30)6-2-13(14)10-17/h1,3-5,9-10,13-14,20-21,31H,2,6-8,11-12H2,(H2,25,27)(H,26,30)(H,28,32)/t13?,14?,20-,21-/m1/s1. The molecular formula is C24H27N5O5. The van der Waals surface area contributed by atoms with Crippen molar-refractivity contribution in [2.45, 2.75) is 31.6 Å². The second-order valence-corrected chi connectivity index (χ2v) is 8.91. The van der Waals surface area contributed by atoms with Crippen molar-refractivity contribution in [3.63, 3.8) is 0 Å². The molecule has 3 heterocycles. The van der Waals surface area contributed by atoms with Crippen LogP contribution in [0.4, 0.5) is 5.69 Å². The smallest absolute Gasteiger partial charge is 0.259 e. The van der Waals surface area contributed by atoms with Gasteiger partial charge in [0.2, 0.25) is 5.91 Å². The quantitative estimate of drug-likeness (QED) is 0.493. The number of morpholine rings is 1. The molecule has 1 aromatic rings.